The van der Waals surface area contributed by atoms with Crippen LogP contribution in [0.2, 0.25) is 0 Å². The van der Waals surface area contributed by atoms with Crippen molar-refractivity contribution in [3.8, 4) is 0 Å². The van der Waals surface area contributed by atoms with E-state index in [0.717, 1.165) is 12.0 Å². The van der Waals surface area contributed by atoms with Crippen molar-refractivity contribution in [3.05, 3.63) is 0 Å². The Morgan fingerprint density at radius 1 is 1.06 bits per heavy atom. The third kappa shape index (κ3) is 2.39. The molecule has 2 unspecified atom stereocenters. The maximum atomic E-state index is 3.84. The Morgan fingerprint density at radius 2 is 1.82 bits per heavy atom. The summed E-state index contributed by atoms with van der Waals surface area (Å²) in [6, 6.07) is 0.892. The minimum Gasteiger partial charge on any atom is -0.309 e. The molecule has 0 aromatic carbocycles. The van der Waals surface area contributed by atoms with Crippen LogP contribution in [0.15, 0.2) is 0 Å². The molecular weight excluding hydrogens is 208 g/mol. The molecule has 2 nitrogen and oxygen atoms in total. The number of hydrogen-bond acceptors (Lipinski definition) is 2. The van der Waals surface area contributed by atoms with Gasteiger partial charge in [0.2, 0.25) is 0 Å². The summed E-state index contributed by atoms with van der Waals surface area (Å²) >= 11 is 0. The number of rotatable bonds is 1. The Balaban J connectivity index is 1.66. The first kappa shape index (κ1) is 12.0. The summed E-state index contributed by atoms with van der Waals surface area (Å²) in [6.45, 7) is 6.33. The molecule has 0 aromatic heterocycles. The van der Waals surface area contributed by atoms with Crippen LogP contribution in [0.1, 0.15) is 58.3 Å². The minimum absolute atomic E-state index is 0.509. The van der Waals surface area contributed by atoms with Gasteiger partial charge in [-0.3, -0.25) is 4.90 Å². The predicted molar refractivity (Wildman–Crippen MR) is 72.2 cm³/mol. The Bertz CT molecular complexity index is 258. The zero-order chi connectivity index (χ0) is 11.7. The molecule has 1 spiro atoms. The highest BCUT2D eigenvalue weighted by Crippen LogP contribution is 2.35. The van der Waals surface area contributed by atoms with Gasteiger partial charge in [0.05, 0.1) is 0 Å². The Labute approximate surface area is 106 Å². The van der Waals surface area contributed by atoms with Crippen molar-refractivity contribution in [1.82, 2.24) is 10.2 Å². The van der Waals surface area contributed by atoms with Crippen LogP contribution in [0.3, 0.4) is 0 Å². The first-order chi connectivity index (χ1) is 8.29. The summed E-state index contributed by atoms with van der Waals surface area (Å²) in [4.78, 5) is 2.84. The van der Waals surface area contributed by atoms with Gasteiger partial charge in [-0.15, -0.1) is 0 Å². The van der Waals surface area contributed by atoms with Crippen LogP contribution in [0.4, 0.5) is 0 Å². The molecule has 0 bridgehead atoms. The fourth-order valence-corrected chi connectivity index (χ4v) is 4.50. The SMILES string of the molecule is CC1CCCCC1N1CCNC2(CCCC2)C1. The predicted octanol–water partition coefficient (Wildman–Crippen LogP) is 2.78. The number of hydrogen-bond donors (Lipinski definition) is 1. The van der Waals surface area contributed by atoms with Crippen molar-refractivity contribution < 1.29 is 0 Å². The van der Waals surface area contributed by atoms with Crippen LogP contribution >= 0.6 is 0 Å². The summed E-state index contributed by atoms with van der Waals surface area (Å²) in [6.07, 6.45) is 11.6. The van der Waals surface area contributed by atoms with Crippen LogP contribution in [-0.2, 0) is 0 Å². The van der Waals surface area contributed by atoms with Gasteiger partial charge in [0, 0.05) is 31.2 Å². The van der Waals surface area contributed by atoms with E-state index in [0.29, 0.717) is 5.54 Å². The summed E-state index contributed by atoms with van der Waals surface area (Å²) in [5.41, 5.74) is 0.509. The van der Waals surface area contributed by atoms with Gasteiger partial charge in [0.1, 0.15) is 0 Å². The van der Waals surface area contributed by atoms with E-state index in [1.165, 1.54) is 71.0 Å². The second-order valence-electron chi connectivity index (χ2n) is 6.71. The van der Waals surface area contributed by atoms with Crippen LogP contribution in [-0.4, -0.2) is 36.1 Å². The van der Waals surface area contributed by atoms with Crippen molar-refractivity contribution in [2.24, 2.45) is 5.92 Å². The van der Waals surface area contributed by atoms with Gasteiger partial charge >= 0.3 is 0 Å². The molecule has 1 N–H and O–H groups in total. The lowest BCUT2D eigenvalue weighted by Crippen LogP contribution is -2.62. The van der Waals surface area contributed by atoms with E-state index < -0.39 is 0 Å². The van der Waals surface area contributed by atoms with Gasteiger partial charge in [-0.25, -0.2) is 0 Å². The number of piperazine rings is 1. The van der Waals surface area contributed by atoms with Gasteiger partial charge in [-0.05, 0) is 31.6 Å². The van der Waals surface area contributed by atoms with E-state index in [1.54, 1.807) is 0 Å². The van der Waals surface area contributed by atoms with Crippen molar-refractivity contribution in [3.63, 3.8) is 0 Å². The lowest BCUT2D eigenvalue weighted by atomic mass is 9.83. The van der Waals surface area contributed by atoms with Gasteiger partial charge in [0.15, 0.2) is 0 Å². The second-order valence-corrected chi connectivity index (χ2v) is 6.71. The zero-order valence-electron chi connectivity index (χ0n) is 11.4. The molecular formula is C15H28N2. The lowest BCUT2D eigenvalue weighted by Gasteiger charge is -2.47. The zero-order valence-corrected chi connectivity index (χ0v) is 11.4. The first-order valence-corrected chi connectivity index (χ1v) is 7.78. The Morgan fingerprint density at radius 3 is 2.59 bits per heavy atom. The topological polar surface area (TPSA) is 15.3 Å². The molecule has 3 rings (SSSR count). The highest BCUT2D eigenvalue weighted by molar-refractivity contribution is 5.00. The molecule has 3 fully saturated rings. The van der Waals surface area contributed by atoms with E-state index in [-0.39, 0.29) is 0 Å². The van der Waals surface area contributed by atoms with Crippen molar-refractivity contribution >= 4 is 0 Å². The largest absolute Gasteiger partial charge is 0.309 e. The van der Waals surface area contributed by atoms with Gasteiger partial charge in [-0.1, -0.05) is 32.6 Å². The standard InChI is InChI=1S/C15H28N2/c1-13-6-2-3-7-14(13)17-11-10-16-15(12-17)8-4-5-9-15/h13-14,16H,2-12H2,1H3. The average Bonchev–Trinajstić information content (AvgIpc) is 2.78. The minimum atomic E-state index is 0.509. The van der Waals surface area contributed by atoms with Crippen LogP contribution in [0.25, 0.3) is 0 Å². The molecule has 2 heteroatoms. The van der Waals surface area contributed by atoms with Crippen LogP contribution in [0, 0.1) is 5.92 Å². The molecule has 0 aromatic rings. The van der Waals surface area contributed by atoms with E-state index in [2.05, 4.69) is 17.1 Å². The Hall–Kier alpha value is -0.0800. The molecule has 1 aliphatic heterocycles. The average molecular weight is 236 g/mol. The molecule has 2 atom stereocenters. The van der Waals surface area contributed by atoms with Crippen molar-refractivity contribution in [1.29, 1.82) is 0 Å². The van der Waals surface area contributed by atoms with Crippen molar-refractivity contribution in [2.45, 2.75) is 69.9 Å². The summed E-state index contributed by atoms with van der Waals surface area (Å²) in [5.74, 6) is 0.931. The van der Waals surface area contributed by atoms with E-state index in [1.807, 2.05) is 0 Å². The maximum absolute atomic E-state index is 3.84. The third-order valence-corrected chi connectivity index (χ3v) is 5.50. The molecule has 98 valence electrons. The van der Waals surface area contributed by atoms with E-state index in [9.17, 15) is 0 Å². The number of nitrogens with one attached hydrogen (secondary N) is 1. The summed E-state index contributed by atoms with van der Waals surface area (Å²) in [5, 5.41) is 3.84. The molecule has 1 saturated heterocycles. The number of nitrogens with zero attached hydrogens (tertiary/aromatic N) is 1. The molecule has 0 amide bonds. The molecule has 1 heterocycles. The Kier molecular flexibility index (Phi) is 3.45. The fourth-order valence-electron chi connectivity index (χ4n) is 4.50. The van der Waals surface area contributed by atoms with Crippen molar-refractivity contribution in [2.75, 3.05) is 19.6 Å². The molecule has 2 aliphatic carbocycles. The quantitative estimate of drug-likeness (QED) is 0.753. The summed E-state index contributed by atoms with van der Waals surface area (Å²) in [7, 11) is 0. The summed E-state index contributed by atoms with van der Waals surface area (Å²) < 4.78 is 0. The molecule has 0 radical (unpaired) electrons. The van der Waals surface area contributed by atoms with Gasteiger partial charge in [0.25, 0.3) is 0 Å². The highest BCUT2D eigenvalue weighted by atomic mass is 15.2. The molecule has 3 aliphatic rings. The van der Waals surface area contributed by atoms with Crippen LogP contribution in [0.5, 0.6) is 0 Å². The maximum Gasteiger partial charge on any atom is 0.0309 e. The molecule has 17 heavy (non-hydrogen) atoms. The lowest BCUT2D eigenvalue weighted by molar-refractivity contribution is 0.0502. The second kappa shape index (κ2) is 4.89. The highest BCUT2D eigenvalue weighted by Gasteiger charge is 2.40. The normalized spacial score (nSPS) is 38.6. The van der Waals surface area contributed by atoms with E-state index in [4.69, 9.17) is 0 Å². The smallest absolute Gasteiger partial charge is 0.0309 e. The van der Waals surface area contributed by atoms with Crippen LogP contribution < -0.4 is 5.32 Å². The first-order valence-electron chi connectivity index (χ1n) is 7.78. The fraction of sp³-hybridized carbons (Fsp3) is 1.00. The van der Waals surface area contributed by atoms with Gasteiger partial charge in [-0.2, -0.15) is 0 Å². The molecule has 2 saturated carbocycles. The third-order valence-electron chi connectivity index (χ3n) is 5.50. The van der Waals surface area contributed by atoms with Gasteiger partial charge < -0.3 is 5.32 Å². The monoisotopic (exact) mass is 236 g/mol. The van der Waals surface area contributed by atoms with E-state index >= 15 is 0 Å².